The average molecular weight is 315 g/mol. The maximum Gasteiger partial charge on any atom is 0.124 e. The number of nitrogens with zero attached hydrogens (tertiary/aromatic N) is 1. The van der Waals surface area contributed by atoms with Crippen molar-refractivity contribution in [3.05, 3.63) is 60.2 Å². The number of halogens is 1. The van der Waals surface area contributed by atoms with E-state index in [0.29, 0.717) is 13.0 Å². The summed E-state index contributed by atoms with van der Waals surface area (Å²) in [6.07, 6.45) is 0.825. The third-order valence-corrected chi connectivity index (χ3v) is 3.91. The van der Waals surface area contributed by atoms with E-state index in [9.17, 15) is 4.39 Å². The first-order valence-corrected chi connectivity index (χ1v) is 8.05. The van der Waals surface area contributed by atoms with Crippen LogP contribution in [0.4, 0.5) is 4.39 Å². The highest BCUT2D eigenvalue weighted by Gasteiger charge is 2.27. The van der Waals surface area contributed by atoms with Crippen molar-refractivity contribution in [2.45, 2.75) is 19.1 Å². The Hall–Kier alpha value is -2.07. The highest BCUT2D eigenvalue weighted by atomic mass is 19.1. The molecule has 3 nitrogen and oxygen atoms in total. The van der Waals surface area contributed by atoms with Gasteiger partial charge in [0.05, 0.1) is 6.67 Å². The molecule has 1 aliphatic rings. The van der Waals surface area contributed by atoms with E-state index in [4.69, 9.17) is 9.47 Å². The Bertz CT molecular complexity index is 582. The molecule has 0 bridgehead atoms. The summed E-state index contributed by atoms with van der Waals surface area (Å²) in [5.74, 6) is 1.69. The second-order valence-corrected chi connectivity index (χ2v) is 5.79. The van der Waals surface area contributed by atoms with Gasteiger partial charge in [-0.25, -0.2) is 0 Å². The lowest BCUT2D eigenvalue weighted by molar-refractivity contribution is 0.0184. The molecule has 2 aromatic rings. The van der Waals surface area contributed by atoms with Crippen molar-refractivity contribution in [1.29, 1.82) is 0 Å². The topological polar surface area (TPSA) is 21.7 Å². The molecule has 0 atom stereocenters. The van der Waals surface area contributed by atoms with E-state index >= 15 is 0 Å². The molecular formula is C19H22FNO2. The number of hydrogen-bond acceptors (Lipinski definition) is 3. The van der Waals surface area contributed by atoms with Crippen molar-refractivity contribution in [2.75, 3.05) is 26.3 Å². The van der Waals surface area contributed by atoms with Crippen molar-refractivity contribution < 1.29 is 13.9 Å². The van der Waals surface area contributed by atoms with Crippen LogP contribution in [0.25, 0.3) is 0 Å². The third-order valence-electron chi connectivity index (χ3n) is 3.91. The van der Waals surface area contributed by atoms with Crippen LogP contribution in [0.5, 0.6) is 11.5 Å². The molecule has 0 unspecified atom stereocenters. The van der Waals surface area contributed by atoms with Gasteiger partial charge in [-0.05, 0) is 36.2 Å². The third kappa shape index (κ3) is 4.70. The lowest BCUT2D eigenvalue weighted by Crippen LogP contribution is -2.53. The zero-order valence-electron chi connectivity index (χ0n) is 13.2. The summed E-state index contributed by atoms with van der Waals surface area (Å²) >= 11 is 0. The molecule has 23 heavy (non-hydrogen) atoms. The molecule has 1 saturated heterocycles. The molecule has 0 saturated carbocycles. The summed E-state index contributed by atoms with van der Waals surface area (Å²) in [4.78, 5) is 2.21. The van der Waals surface area contributed by atoms with E-state index in [1.807, 2.05) is 54.6 Å². The molecule has 4 heteroatoms. The Balaban J connectivity index is 1.41. The SMILES string of the molecule is FCCCN1CC(Oc2ccc(OCc3ccccc3)cc2)C1. The van der Waals surface area contributed by atoms with Gasteiger partial charge in [-0.2, -0.15) is 0 Å². The summed E-state index contributed by atoms with van der Waals surface area (Å²) in [5.41, 5.74) is 1.15. The number of alkyl halides is 1. The predicted octanol–water partition coefficient (Wildman–Crippen LogP) is 3.69. The Kier molecular flexibility index (Phi) is 5.48. The minimum absolute atomic E-state index is 0.214. The van der Waals surface area contributed by atoms with E-state index in [-0.39, 0.29) is 12.8 Å². The van der Waals surface area contributed by atoms with Crippen molar-refractivity contribution in [2.24, 2.45) is 0 Å². The highest BCUT2D eigenvalue weighted by molar-refractivity contribution is 5.32. The van der Waals surface area contributed by atoms with E-state index in [0.717, 1.165) is 36.7 Å². The van der Waals surface area contributed by atoms with Gasteiger partial charge >= 0.3 is 0 Å². The quantitative estimate of drug-likeness (QED) is 0.741. The average Bonchev–Trinajstić information content (AvgIpc) is 2.57. The van der Waals surface area contributed by atoms with Gasteiger partial charge in [0.1, 0.15) is 24.2 Å². The van der Waals surface area contributed by atoms with Gasteiger partial charge in [-0.15, -0.1) is 0 Å². The molecule has 3 rings (SSSR count). The first-order chi connectivity index (χ1) is 11.3. The normalized spacial score (nSPS) is 15.2. The fraction of sp³-hybridized carbons (Fsp3) is 0.368. The number of benzene rings is 2. The molecule has 0 aromatic heterocycles. The number of hydrogen-bond donors (Lipinski definition) is 0. The fourth-order valence-corrected chi connectivity index (χ4v) is 2.61. The van der Waals surface area contributed by atoms with E-state index < -0.39 is 0 Å². The molecule has 1 heterocycles. The van der Waals surface area contributed by atoms with E-state index in [2.05, 4.69) is 4.90 Å². The van der Waals surface area contributed by atoms with Gasteiger partial charge < -0.3 is 9.47 Å². The monoisotopic (exact) mass is 315 g/mol. The number of rotatable bonds is 8. The summed E-state index contributed by atoms with van der Waals surface area (Å²) < 4.78 is 23.7. The maximum absolute atomic E-state index is 12.1. The molecule has 0 radical (unpaired) electrons. The second-order valence-electron chi connectivity index (χ2n) is 5.79. The van der Waals surface area contributed by atoms with Gasteiger partial charge in [0.2, 0.25) is 0 Å². The standard InChI is InChI=1S/C19H22FNO2/c20-11-4-12-21-13-19(14-21)23-18-9-7-17(8-10-18)22-15-16-5-2-1-3-6-16/h1-3,5-10,19H,4,11-15H2. The van der Waals surface area contributed by atoms with Gasteiger partial charge in [0, 0.05) is 19.6 Å². The van der Waals surface area contributed by atoms with Crippen LogP contribution < -0.4 is 9.47 Å². The second kappa shape index (κ2) is 7.97. The molecule has 0 N–H and O–H groups in total. The summed E-state index contributed by atoms with van der Waals surface area (Å²) in [6.45, 7) is 2.90. The van der Waals surface area contributed by atoms with Crippen molar-refractivity contribution >= 4 is 0 Å². The summed E-state index contributed by atoms with van der Waals surface area (Å²) in [5, 5.41) is 0. The summed E-state index contributed by atoms with van der Waals surface area (Å²) in [7, 11) is 0. The number of likely N-dealkylation sites (tertiary alicyclic amines) is 1. The Labute approximate surface area is 136 Å². The van der Waals surface area contributed by atoms with E-state index in [1.54, 1.807) is 0 Å². The zero-order valence-corrected chi connectivity index (χ0v) is 13.2. The van der Waals surface area contributed by atoms with Crippen LogP contribution in [-0.2, 0) is 6.61 Å². The van der Waals surface area contributed by atoms with Crippen LogP contribution in [0.3, 0.4) is 0 Å². The first-order valence-electron chi connectivity index (χ1n) is 8.05. The Morgan fingerprint density at radius 3 is 2.35 bits per heavy atom. The minimum atomic E-state index is -0.244. The van der Waals surface area contributed by atoms with Gasteiger partial charge in [0.25, 0.3) is 0 Å². The van der Waals surface area contributed by atoms with Crippen LogP contribution in [-0.4, -0.2) is 37.3 Å². The molecular weight excluding hydrogens is 293 g/mol. The molecule has 0 amide bonds. The van der Waals surface area contributed by atoms with Gasteiger partial charge in [-0.3, -0.25) is 9.29 Å². The van der Waals surface area contributed by atoms with Crippen LogP contribution in [0.2, 0.25) is 0 Å². The van der Waals surface area contributed by atoms with Crippen molar-refractivity contribution in [3.63, 3.8) is 0 Å². The largest absolute Gasteiger partial charge is 0.489 e. The lowest BCUT2D eigenvalue weighted by atomic mass is 10.1. The van der Waals surface area contributed by atoms with Crippen molar-refractivity contribution in [3.8, 4) is 11.5 Å². The lowest BCUT2D eigenvalue weighted by Gasteiger charge is -2.38. The Morgan fingerprint density at radius 2 is 1.65 bits per heavy atom. The van der Waals surface area contributed by atoms with Crippen LogP contribution in [0, 0.1) is 0 Å². The Morgan fingerprint density at radius 1 is 0.957 bits per heavy atom. The van der Waals surface area contributed by atoms with Crippen LogP contribution in [0.1, 0.15) is 12.0 Å². The molecule has 1 fully saturated rings. The van der Waals surface area contributed by atoms with Gasteiger partial charge in [0.15, 0.2) is 0 Å². The molecule has 0 spiro atoms. The predicted molar refractivity (Wildman–Crippen MR) is 88.7 cm³/mol. The van der Waals surface area contributed by atoms with Crippen LogP contribution >= 0.6 is 0 Å². The zero-order chi connectivity index (χ0) is 15.9. The molecule has 1 aliphatic heterocycles. The molecule has 122 valence electrons. The number of ether oxygens (including phenoxy) is 2. The highest BCUT2D eigenvalue weighted by Crippen LogP contribution is 2.22. The van der Waals surface area contributed by atoms with E-state index in [1.165, 1.54) is 0 Å². The molecule has 0 aliphatic carbocycles. The first kappa shape index (κ1) is 15.8. The molecule has 2 aromatic carbocycles. The smallest absolute Gasteiger partial charge is 0.124 e. The maximum atomic E-state index is 12.1. The summed E-state index contributed by atoms with van der Waals surface area (Å²) in [6, 6.07) is 17.8. The fourth-order valence-electron chi connectivity index (χ4n) is 2.61. The van der Waals surface area contributed by atoms with Gasteiger partial charge in [-0.1, -0.05) is 30.3 Å². The minimum Gasteiger partial charge on any atom is -0.489 e. The van der Waals surface area contributed by atoms with Crippen molar-refractivity contribution in [1.82, 2.24) is 4.90 Å². The van der Waals surface area contributed by atoms with Crippen LogP contribution in [0.15, 0.2) is 54.6 Å².